The first-order chi connectivity index (χ1) is 9.13. The van der Waals surface area contributed by atoms with E-state index in [2.05, 4.69) is 10.0 Å². The van der Waals surface area contributed by atoms with Crippen molar-refractivity contribution in [3.8, 4) is 5.75 Å². The van der Waals surface area contributed by atoms with Crippen molar-refractivity contribution in [2.75, 3.05) is 13.2 Å². The van der Waals surface area contributed by atoms with Gasteiger partial charge in [-0.2, -0.15) is 0 Å². The molecule has 1 aromatic carbocycles. The largest absolute Gasteiger partial charge is 0.492 e. The summed E-state index contributed by atoms with van der Waals surface area (Å²) in [5, 5.41) is 22.8. The van der Waals surface area contributed by atoms with E-state index in [0.717, 1.165) is 0 Å². The number of ketones is 1. The Morgan fingerprint density at radius 3 is 3.00 bits per heavy atom. The number of Topliss-reactive ketones (excluding diaryl/α,β-unsaturated/α-hetero) is 1. The third-order valence-corrected chi connectivity index (χ3v) is 2.93. The minimum absolute atomic E-state index is 0.0557. The molecule has 100 valence electrons. The van der Waals surface area contributed by atoms with Crippen LogP contribution in [0.15, 0.2) is 23.3 Å². The highest BCUT2D eigenvalue weighted by Gasteiger charge is 2.23. The lowest BCUT2D eigenvalue weighted by molar-refractivity contribution is 0.0243. The number of carbonyl (C=O) groups is 1. The summed E-state index contributed by atoms with van der Waals surface area (Å²) in [6.07, 6.45) is -2.13. The Balaban J connectivity index is 2.23. The van der Waals surface area contributed by atoms with Crippen molar-refractivity contribution in [3.63, 3.8) is 0 Å². The van der Waals surface area contributed by atoms with Crippen molar-refractivity contribution in [3.05, 3.63) is 39.8 Å². The first-order valence-corrected chi connectivity index (χ1v) is 5.80. The fourth-order valence-corrected chi connectivity index (χ4v) is 1.91. The molecular formula is C12H13N3O4. The molecule has 0 amide bonds. The molecule has 0 fully saturated rings. The smallest absolute Gasteiger partial charge is 0.170 e. The minimum atomic E-state index is -1.22. The van der Waals surface area contributed by atoms with E-state index in [4.69, 9.17) is 10.3 Å². The van der Waals surface area contributed by atoms with Crippen molar-refractivity contribution in [2.45, 2.75) is 18.6 Å². The molecule has 7 nitrogen and oxygen atoms in total. The van der Waals surface area contributed by atoms with E-state index in [-0.39, 0.29) is 12.3 Å². The number of aliphatic hydroxyl groups is 2. The van der Waals surface area contributed by atoms with Crippen molar-refractivity contribution in [2.24, 2.45) is 5.11 Å². The molecule has 1 heterocycles. The Morgan fingerprint density at radius 2 is 2.26 bits per heavy atom. The van der Waals surface area contributed by atoms with Gasteiger partial charge in [-0.25, -0.2) is 0 Å². The third-order valence-electron chi connectivity index (χ3n) is 2.93. The van der Waals surface area contributed by atoms with Crippen molar-refractivity contribution in [1.29, 1.82) is 0 Å². The molecular weight excluding hydrogens is 250 g/mol. The quantitative estimate of drug-likeness (QED) is 0.484. The second-order valence-electron chi connectivity index (χ2n) is 4.20. The highest BCUT2D eigenvalue weighted by atomic mass is 16.5. The number of fused-ring (bicyclic) bond motifs is 1. The molecule has 0 saturated carbocycles. The zero-order valence-corrected chi connectivity index (χ0v) is 10.1. The van der Waals surface area contributed by atoms with Gasteiger partial charge in [0.1, 0.15) is 11.9 Å². The fourth-order valence-electron chi connectivity index (χ4n) is 1.91. The van der Waals surface area contributed by atoms with Crippen LogP contribution in [0, 0.1) is 0 Å². The summed E-state index contributed by atoms with van der Waals surface area (Å²) in [7, 11) is 0. The highest BCUT2D eigenvalue weighted by Crippen LogP contribution is 2.28. The van der Waals surface area contributed by atoms with Crippen LogP contribution in [0.4, 0.5) is 0 Å². The van der Waals surface area contributed by atoms with E-state index >= 15 is 0 Å². The molecule has 1 aromatic rings. The summed E-state index contributed by atoms with van der Waals surface area (Å²) in [5.74, 6) is 0.427. The lowest BCUT2D eigenvalue weighted by Crippen LogP contribution is -2.22. The number of ether oxygens (including phenoxy) is 1. The van der Waals surface area contributed by atoms with E-state index in [0.29, 0.717) is 29.9 Å². The normalized spacial score (nSPS) is 16.8. The SMILES string of the molecule is [N-]=[N+]=NCC(O)C(O)c1ccc2c(c1)C(=O)CCO2. The molecule has 0 radical (unpaired) electrons. The van der Waals surface area contributed by atoms with E-state index < -0.39 is 12.2 Å². The molecule has 19 heavy (non-hydrogen) atoms. The second kappa shape index (κ2) is 5.71. The van der Waals surface area contributed by atoms with Gasteiger partial charge in [0.2, 0.25) is 0 Å². The molecule has 2 atom stereocenters. The summed E-state index contributed by atoms with van der Waals surface area (Å²) in [4.78, 5) is 14.2. The monoisotopic (exact) mass is 263 g/mol. The molecule has 0 spiro atoms. The zero-order chi connectivity index (χ0) is 13.8. The third kappa shape index (κ3) is 2.85. The number of carbonyl (C=O) groups excluding carboxylic acids is 1. The summed E-state index contributed by atoms with van der Waals surface area (Å²) >= 11 is 0. The van der Waals surface area contributed by atoms with Gasteiger partial charge in [-0.05, 0) is 23.2 Å². The van der Waals surface area contributed by atoms with Crippen molar-refractivity contribution in [1.82, 2.24) is 0 Å². The maximum atomic E-state index is 11.7. The topological polar surface area (TPSA) is 116 Å². The number of rotatable bonds is 4. The van der Waals surface area contributed by atoms with Crippen LogP contribution in [0.1, 0.15) is 28.4 Å². The van der Waals surface area contributed by atoms with Gasteiger partial charge >= 0.3 is 0 Å². The lowest BCUT2D eigenvalue weighted by Gasteiger charge is -2.20. The lowest BCUT2D eigenvalue weighted by atomic mass is 9.97. The fraction of sp³-hybridized carbons (Fsp3) is 0.417. The van der Waals surface area contributed by atoms with Gasteiger partial charge in [-0.15, -0.1) is 0 Å². The molecule has 1 aliphatic heterocycles. The van der Waals surface area contributed by atoms with Gasteiger partial charge in [-0.3, -0.25) is 4.79 Å². The molecule has 2 unspecified atom stereocenters. The predicted octanol–water partition coefficient (Wildman–Crippen LogP) is 1.36. The standard InChI is InChI=1S/C12H13N3O4/c13-15-14-6-10(17)12(18)7-1-2-11-8(5-7)9(16)3-4-19-11/h1-2,5,10,12,17-18H,3-4,6H2. The molecule has 0 saturated heterocycles. The molecule has 1 aliphatic rings. The van der Waals surface area contributed by atoms with Gasteiger partial charge in [0.25, 0.3) is 0 Å². The minimum Gasteiger partial charge on any atom is -0.492 e. The molecule has 7 heteroatoms. The predicted molar refractivity (Wildman–Crippen MR) is 65.9 cm³/mol. The maximum Gasteiger partial charge on any atom is 0.170 e. The van der Waals surface area contributed by atoms with Gasteiger partial charge in [0, 0.05) is 11.3 Å². The van der Waals surface area contributed by atoms with Crippen LogP contribution >= 0.6 is 0 Å². The van der Waals surface area contributed by atoms with E-state index in [1.54, 1.807) is 12.1 Å². The van der Waals surface area contributed by atoms with Crippen LogP contribution in [0.5, 0.6) is 5.75 Å². The summed E-state index contributed by atoms with van der Waals surface area (Å²) in [6.45, 7) is 0.118. The first-order valence-electron chi connectivity index (χ1n) is 5.80. The molecule has 0 bridgehead atoms. The van der Waals surface area contributed by atoms with Gasteiger partial charge < -0.3 is 14.9 Å². The van der Waals surface area contributed by atoms with E-state index in [9.17, 15) is 15.0 Å². The average Bonchev–Trinajstić information content (AvgIpc) is 2.44. The number of azide groups is 1. The Morgan fingerprint density at radius 1 is 1.47 bits per heavy atom. The number of benzene rings is 1. The average molecular weight is 263 g/mol. The van der Waals surface area contributed by atoms with Gasteiger partial charge in [-0.1, -0.05) is 11.2 Å². The second-order valence-corrected chi connectivity index (χ2v) is 4.20. The molecule has 2 rings (SSSR count). The molecule has 0 aromatic heterocycles. The zero-order valence-electron chi connectivity index (χ0n) is 10.1. The Bertz CT molecular complexity index is 540. The number of hydrogen-bond donors (Lipinski definition) is 2. The highest BCUT2D eigenvalue weighted by molar-refractivity contribution is 5.99. The van der Waals surface area contributed by atoms with Crippen LogP contribution in [0.25, 0.3) is 10.4 Å². The Labute approximate surface area is 109 Å². The van der Waals surface area contributed by atoms with Gasteiger partial charge in [0.15, 0.2) is 5.78 Å². The van der Waals surface area contributed by atoms with Crippen LogP contribution in [-0.4, -0.2) is 35.3 Å². The Kier molecular flexibility index (Phi) is 4.01. The summed E-state index contributed by atoms with van der Waals surface area (Å²) in [5.41, 5.74) is 8.95. The van der Waals surface area contributed by atoms with Crippen LogP contribution in [0.2, 0.25) is 0 Å². The van der Waals surface area contributed by atoms with Gasteiger partial charge in [0.05, 0.1) is 24.8 Å². The van der Waals surface area contributed by atoms with Crippen molar-refractivity contribution >= 4 is 5.78 Å². The maximum absolute atomic E-state index is 11.7. The first kappa shape index (κ1) is 13.4. The van der Waals surface area contributed by atoms with Crippen LogP contribution < -0.4 is 4.74 Å². The summed E-state index contributed by atoms with van der Waals surface area (Å²) in [6, 6.07) is 4.66. The number of hydrogen-bond acceptors (Lipinski definition) is 5. The number of aliphatic hydroxyl groups excluding tert-OH is 2. The number of nitrogens with zero attached hydrogens (tertiary/aromatic N) is 3. The van der Waals surface area contributed by atoms with E-state index in [1.165, 1.54) is 6.07 Å². The summed E-state index contributed by atoms with van der Waals surface area (Å²) < 4.78 is 5.32. The van der Waals surface area contributed by atoms with E-state index in [1.807, 2.05) is 0 Å². The molecule has 2 N–H and O–H groups in total. The van der Waals surface area contributed by atoms with Crippen LogP contribution in [0.3, 0.4) is 0 Å². The van der Waals surface area contributed by atoms with Crippen LogP contribution in [-0.2, 0) is 0 Å². The van der Waals surface area contributed by atoms with Crippen molar-refractivity contribution < 1.29 is 19.7 Å². The molecule has 0 aliphatic carbocycles. The Hall–Kier alpha value is -2.08.